The lowest BCUT2D eigenvalue weighted by atomic mass is 10.1. The summed E-state index contributed by atoms with van der Waals surface area (Å²) in [4.78, 5) is 16.8. The van der Waals surface area contributed by atoms with Crippen LogP contribution < -0.4 is 0 Å². The molecule has 2 fully saturated rings. The van der Waals surface area contributed by atoms with Crippen LogP contribution in [-0.2, 0) is 9.53 Å². The van der Waals surface area contributed by atoms with E-state index in [1.807, 2.05) is 18.7 Å². The highest BCUT2D eigenvalue weighted by molar-refractivity contribution is 5.81. The highest BCUT2D eigenvalue weighted by Crippen LogP contribution is 2.17. The van der Waals surface area contributed by atoms with Crippen LogP contribution >= 0.6 is 0 Å². The number of aliphatic hydroxyl groups is 1. The monoisotopic (exact) mass is 284 g/mol. The van der Waals surface area contributed by atoms with Crippen LogP contribution in [0.2, 0.25) is 0 Å². The standard InChI is InChI=1S/C15H28N2O3/c1-12-9-17(10-14(11-18)20-12)13(2)15(19)16-7-5-3-4-6-8-16/h12-14,18H,3-11H2,1-2H3. The largest absolute Gasteiger partial charge is 0.394 e. The van der Waals surface area contributed by atoms with Crippen LogP contribution in [0.3, 0.4) is 0 Å². The maximum absolute atomic E-state index is 12.6. The first-order chi connectivity index (χ1) is 9.61. The lowest BCUT2D eigenvalue weighted by Crippen LogP contribution is -2.56. The Bertz CT molecular complexity index is 316. The summed E-state index contributed by atoms with van der Waals surface area (Å²) in [7, 11) is 0. The van der Waals surface area contributed by atoms with E-state index >= 15 is 0 Å². The molecule has 0 aromatic heterocycles. The summed E-state index contributed by atoms with van der Waals surface area (Å²) in [6, 6.07) is -0.117. The number of rotatable bonds is 3. The maximum Gasteiger partial charge on any atom is 0.239 e. The van der Waals surface area contributed by atoms with Crippen LogP contribution in [0, 0.1) is 0 Å². The lowest BCUT2D eigenvalue weighted by Gasteiger charge is -2.40. The Hall–Kier alpha value is -0.650. The third-order valence-corrected chi connectivity index (χ3v) is 4.38. The third kappa shape index (κ3) is 3.93. The Labute approximate surface area is 121 Å². The van der Waals surface area contributed by atoms with Crippen molar-refractivity contribution in [3.63, 3.8) is 0 Å². The molecule has 1 N–H and O–H groups in total. The van der Waals surface area contributed by atoms with E-state index in [1.165, 1.54) is 12.8 Å². The van der Waals surface area contributed by atoms with Crippen LogP contribution in [0.15, 0.2) is 0 Å². The maximum atomic E-state index is 12.6. The molecule has 3 unspecified atom stereocenters. The molecule has 5 nitrogen and oxygen atoms in total. The summed E-state index contributed by atoms with van der Waals surface area (Å²) in [6.07, 6.45) is 4.62. The summed E-state index contributed by atoms with van der Waals surface area (Å²) in [5, 5.41) is 9.29. The SMILES string of the molecule is CC1CN(C(C)C(=O)N2CCCCCC2)CC(CO)O1. The summed E-state index contributed by atoms with van der Waals surface area (Å²) in [6.45, 7) is 7.20. The van der Waals surface area contributed by atoms with Gasteiger partial charge < -0.3 is 14.7 Å². The second-order valence-electron chi connectivity index (χ2n) is 6.12. The number of hydrogen-bond donors (Lipinski definition) is 1. The minimum Gasteiger partial charge on any atom is -0.394 e. The van der Waals surface area contributed by atoms with Gasteiger partial charge in [-0.3, -0.25) is 9.69 Å². The summed E-state index contributed by atoms with van der Waals surface area (Å²) in [5.74, 6) is 0.234. The van der Waals surface area contributed by atoms with Gasteiger partial charge in [-0.05, 0) is 26.7 Å². The Morgan fingerprint density at radius 1 is 1.25 bits per heavy atom. The minimum absolute atomic E-state index is 0.0193. The zero-order valence-electron chi connectivity index (χ0n) is 12.8. The Kier molecular flexibility index (Phi) is 5.81. The van der Waals surface area contributed by atoms with Crippen molar-refractivity contribution in [2.24, 2.45) is 0 Å². The molecule has 2 rings (SSSR count). The molecule has 3 atom stereocenters. The van der Waals surface area contributed by atoms with Crippen molar-refractivity contribution in [2.75, 3.05) is 32.8 Å². The number of nitrogens with zero attached hydrogens (tertiary/aromatic N) is 2. The van der Waals surface area contributed by atoms with Crippen LogP contribution in [0.25, 0.3) is 0 Å². The average molecular weight is 284 g/mol. The minimum atomic E-state index is -0.168. The van der Waals surface area contributed by atoms with E-state index in [9.17, 15) is 9.90 Å². The molecule has 20 heavy (non-hydrogen) atoms. The second kappa shape index (κ2) is 7.38. The fourth-order valence-corrected chi connectivity index (χ4v) is 3.21. The van der Waals surface area contributed by atoms with E-state index in [2.05, 4.69) is 4.90 Å². The Morgan fingerprint density at radius 3 is 2.50 bits per heavy atom. The molecule has 0 bridgehead atoms. The number of amides is 1. The molecule has 0 spiro atoms. The highest BCUT2D eigenvalue weighted by Gasteiger charge is 2.32. The van der Waals surface area contributed by atoms with Gasteiger partial charge in [0, 0.05) is 26.2 Å². The molecular weight excluding hydrogens is 256 g/mol. The normalized spacial score (nSPS) is 30.9. The van der Waals surface area contributed by atoms with Gasteiger partial charge in [-0.2, -0.15) is 0 Å². The van der Waals surface area contributed by atoms with Gasteiger partial charge in [0.1, 0.15) is 0 Å². The van der Waals surface area contributed by atoms with Crippen LogP contribution in [0.1, 0.15) is 39.5 Å². The zero-order chi connectivity index (χ0) is 14.5. The van der Waals surface area contributed by atoms with E-state index in [-0.39, 0.29) is 30.8 Å². The molecule has 0 aromatic carbocycles. The number of carbonyl (C=O) groups excluding carboxylic acids is 1. The number of aliphatic hydroxyl groups excluding tert-OH is 1. The van der Waals surface area contributed by atoms with E-state index < -0.39 is 0 Å². The van der Waals surface area contributed by atoms with Gasteiger partial charge in [0.2, 0.25) is 5.91 Å². The number of ether oxygens (including phenoxy) is 1. The Balaban J connectivity index is 1.94. The van der Waals surface area contributed by atoms with Gasteiger partial charge in [0.25, 0.3) is 0 Å². The summed E-state index contributed by atoms with van der Waals surface area (Å²) in [5.41, 5.74) is 0. The number of likely N-dealkylation sites (tertiary alicyclic amines) is 1. The molecule has 0 saturated carbocycles. The molecule has 0 aromatic rings. The van der Waals surface area contributed by atoms with Crippen molar-refractivity contribution < 1.29 is 14.6 Å². The first-order valence-electron chi connectivity index (χ1n) is 7.91. The molecule has 2 aliphatic heterocycles. The number of morpholine rings is 1. The fraction of sp³-hybridized carbons (Fsp3) is 0.933. The van der Waals surface area contributed by atoms with E-state index in [4.69, 9.17) is 4.74 Å². The van der Waals surface area contributed by atoms with Gasteiger partial charge in [0.05, 0.1) is 24.9 Å². The summed E-state index contributed by atoms with van der Waals surface area (Å²) < 4.78 is 5.64. The van der Waals surface area contributed by atoms with Crippen molar-refractivity contribution in [1.82, 2.24) is 9.80 Å². The number of carbonyl (C=O) groups is 1. The molecule has 116 valence electrons. The molecule has 2 heterocycles. The second-order valence-corrected chi connectivity index (χ2v) is 6.12. The molecule has 2 saturated heterocycles. The molecule has 2 aliphatic rings. The van der Waals surface area contributed by atoms with Gasteiger partial charge in [0.15, 0.2) is 0 Å². The van der Waals surface area contributed by atoms with Crippen molar-refractivity contribution >= 4 is 5.91 Å². The first kappa shape index (κ1) is 15.7. The van der Waals surface area contributed by atoms with Crippen molar-refractivity contribution in [3.8, 4) is 0 Å². The van der Waals surface area contributed by atoms with E-state index in [0.29, 0.717) is 6.54 Å². The summed E-state index contributed by atoms with van der Waals surface area (Å²) >= 11 is 0. The van der Waals surface area contributed by atoms with Crippen LogP contribution in [-0.4, -0.2) is 71.8 Å². The molecular formula is C15H28N2O3. The van der Waals surface area contributed by atoms with Gasteiger partial charge in [-0.1, -0.05) is 12.8 Å². The molecule has 1 amide bonds. The fourth-order valence-electron chi connectivity index (χ4n) is 3.21. The molecule has 5 heteroatoms. The highest BCUT2D eigenvalue weighted by atomic mass is 16.5. The zero-order valence-corrected chi connectivity index (χ0v) is 12.8. The number of hydrogen-bond acceptors (Lipinski definition) is 4. The van der Waals surface area contributed by atoms with Crippen molar-refractivity contribution in [1.29, 1.82) is 0 Å². The lowest BCUT2D eigenvalue weighted by molar-refractivity contribution is -0.144. The van der Waals surface area contributed by atoms with Crippen LogP contribution in [0.5, 0.6) is 0 Å². The van der Waals surface area contributed by atoms with Crippen molar-refractivity contribution in [3.05, 3.63) is 0 Å². The molecule has 0 radical (unpaired) electrons. The predicted octanol–water partition coefficient (Wildman–Crippen LogP) is 0.859. The van der Waals surface area contributed by atoms with Crippen molar-refractivity contribution in [2.45, 2.75) is 57.8 Å². The quantitative estimate of drug-likeness (QED) is 0.835. The smallest absolute Gasteiger partial charge is 0.239 e. The van der Waals surface area contributed by atoms with Gasteiger partial charge in [-0.25, -0.2) is 0 Å². The van der Waals surface area contributed by atoms with E-state index in [1.54, 1.807) is 0 Å². The average Bonchev–Trinajstić information content (AvgIpc) is 2.74. The molecule has 0 aliphatic carbocycles. The topological polar surface area (TPSA) is 53.0 Å². The van der Waals surface area contributed by atoms with Crippen LogP contribution in [0.4, 0.5) is 0 Å². The Morgan fingerprint density at radius 2 is 1.90 bits per heavy atom. The van der Waals surface area contributed by atoms with Gasteiger partial charge in [-0.15, -0.1) is 0 Å². The predicted molar refractivity (Wildman–Crippen MR) is 77.5 cm³/mol. The first-order valence-corrected chi connectivity index (χ1v) is 7.91. The third-order valence-electron chi connectivity index (χ3n) is 4.38. The van der Waals surface area contributed by atoms with Gasteiger partial charge >= 0.3 is 0 Å². The van der Waals surface area contributed by atoms with E-state index in [0.717, 1.165) is 32.5 Å².